The number of rotatable bonds is 7. The first-order valence-electron chi connectivity index (χ1n) is 9.33. The molecule has 4 rings (SSSR count). The van der Waals surface area contributed by atoms with Crippen molar-refractivity contribution < 1.29 is 4.79 Å². The quantitative estimate of drug-likeness (QED) is 0.491. The van der Waals surface area contributed by atoms with E-state index in [0.717, 1.165) is 28.6 Å². The monoisotopic (exact) mass is 407 g/mol. The van der Waals surface area contributed by atoms with Crippen LogP contribution in [0.4, 0.5) is 0 Å². The number of imidazole rings is 1. The molecule has 0 aliphatic carbocycles. The highest BCUT2D eigenvalue weighted by atomic mass is 32.2. The number of thioether (sulfide) groups is 1. The Balaban J connectivity index is 1.55. The van der Waals surface area contributed by atoms with E-state index in [-0.39, 0.29) is 24.1 Å². The lowest BCUT2D eigenvalue weighted by molar-refractivity contribution is -0.122. The number of nitrogens with one attached hydrogen (secondary N) is 2. The van der Waals surface area contributed by atoms with Crippen LogP contribution in [0.5, 0.6) is 0 Å². The standard InChI is InChI=1S/C21H21N5O2S/c1-29-11-10-18(20-24-16-8-4-5-9-17(16)25-20)23-19(27)13-26-21(28)15-7-3-2-6-14(15)12-22-26/h2-9,12,18H,10-11,13H2,1H3,(H,23,27)(H,24,25)/t18-/m0/s1. The fraction of sp³-hybridized carbons (Fsp3) is 0.238. The maximum atomic E-state index is 12.7. The molecule has 0 aliphatic rings. The number of hydrogen-bond donors (Lipinski definition) is 2. The lowest BCUT2D eigenvalue weighted by Gasteiger charge is -2.16. The highest BCUT2D eigenvalue weighted by Gasteiger charge is 2.19. The summed E-state index contributed by atoms with van der Waals surface area (Å²) in [6.07, 6.45) is 4.36. The molecule has 0 radical (unpaired) electrons. The van der Waals surface area contributed by atoms with E-state index in [1.54, 1.807) is 30.1 Å². The number of benzene rings is 2. The van der Waals surface area contributed by atoms with Crippen LogP contribution in [0, 0.1) is 0 Å². The molecule has 2 N–H and O–H groups in total. The van der Waals surface area contributed by atoms with Gasteiger partial charge in [0.25, 0.3) is 5.56 Å². The van der Waals surface area contributed by atoms with Crippen molar-refractivity contribution in [3.05, 3.63) is 70.9 Å². The molecule has 0 aliphatic heterocycles. The van der Waals surface area contributed by atoms with Crippen LogP contribution in [-0.4, -0.2) is 37.7 Å². The molecule has 29 heavy (non-hydrogen) atoms. The van der Waals surface area contributed by atoms with Crippen LogP contribution in [-0.2, 0) is 11.3 Å². The van der Waals surface area contributed by atoms with Gasteiger partial charge in [0.1, 0.15) is 12.4 Å². The van der Waals surface area contributed by atoms with Crippen molar-refractivity contribution in [2.45, 2.75) is 19.0 Å². The third-order valence-electron chi connectivity index (χ3n) is 4.74. The highest BCUT2D eigenvalue weighted by molar-refractivity contribution is 7.98. The molecular weight excluding hydrogens is 386 g/mol. The molecule has 0 fully saturated rings. The van der Waals surface area contributed by atoms with Gasteiger partial charge in [-0.25, -0.2) is 9.67 Å². The smallest absolute Gasteiger partial charge is 0.275 e. The third kappa shape index (κ3) is 4.17. The lowest BCUT2D eigenvalue weighted by Crippen LogP contribution is -2.36. The number of nitrogens with zero attached hydrogens (tertiary/aromatic N) is 3. The van der Waals surface area contributed by atoms with Crippen LogP contribution in [0.3, 0.4) is 0 Å². The van der Waals surface area contributed by atoms with Crippen molar-refractivity contribution in [3.63, 3.8) is 0 Å². The van der Waals surface area contributed by atoms with Crippen LogP contribution in [0.1, 0.15) is 18.3 Å². The Bertz CT molecular complexity index is 1180. The molecule has 0 saturated heterocycles. The molecule has 7 nitrogen and oxygen atoms in total. The molecule has 148 valence electrons. The molecule has 1 amide bonds. The number of para-hydroxylation sites is 2. The predicted molar refractivity (Wildman–Crippen MR) is 116 cm³/mol. The highest BCUT2D eigenvalue weighted by Crippen LogP contribution is 2.20. The van der Waals surface area contributed by atoms with E-state index >= 15 is 0 Å². The molecule has 8 heteroatoms. The molecule has 0 unspecified atom stereocenters. The van der Waals surface area contributed by atoms with Crippen molar-refractivity contribution in [1.29, 1.82) is 0 Å². The molecular formula is C21H21N5O2S. The summed E-state index contributed by atoms with van der Waals surface area (Å²) >= 11 is 1.71. The third-order valence-corrected chi connectivity index (χ3v) is 5.38. The minimum atomic E-state index is -0.276. The number of fused-ring (bicyclic) bond motifs is 2. The van der Waals surface area contributed by atoms with E-state index in [1.165, 1.54) is 4.68 Å². The Morgan fingerprint density at radius 1 is 1.21 bits per heavy atom. The van der Waals surface area contributed by atoms with E-state index in [4.69, 9.17) is 0 Å². The van der Waals surface area contributed by atoms with E-state index in [9.17, 15) is 9.59 Å². The van der Waals surface area contributed by atoms with E-state index in [0.29, 0.717) is 11.2 Å². The van der Waals surface area contributed by atoms with Gasteiger partial charge < -0.3 is 10.3 Å². The van der Waals surface area contributed by atoms with Gasteiger partial charge in [-0.1, -0.05) is 30.3 Å². The number of carbonyl (C=O) groups excluding carboxylic acids is 1. The van der Waals surface area contributed by atoms with Crippen molar-refractivity contribution in [2.75, 3.05) is 12.0 Å². The lowest BCUT2D eigenvalue weighted by atomic mass is 10.2. The molecule has 2 aromatic carbocycles. The van der Waals surface area contributed by atoms with Gasteiger partial charge in [-0.3, -0.25) is 9.59 Å². The van der Waals surface area contributed by atoms with Crippen LogP contribution < -0.4 is 10.9 Å². The molecule has 0 bridgehead atoms. The Labute approximate surface area is 171 Å². The first-order chi connectivity index (χ1) is 14.2. The number of hydrogen-bond acceptors (Lipinski definition) is 5. The first kappa shape index (κ1) is 19.2. The average Bonchev–Trinajstić information content (AvgIpc) is 3.17. The first-order valence-corrected chi connectivity index (χ1v) is 10.7. The van der Waals surface area contributed by atoms with Gasteiger partial charge in [-0.2, -0.15) is 16.9 Å². The summed E-state index contributed by atoms with van der Waals surface area (Å²) in [7, 11) is 0. The largest absolute Gasteiger partial charge is 0.345 e. The summed E-state index contributed by atoms with van der Waals surface area (Å²) in [5.74, 6) is 1.31. The number of amides is 1. The Morgan fingerprint density at radius 3 is 2.83 bits per heavy atom. The normalized spacial score (nSPS) is 12.3. The number of aromatic amines is 1. The summed E-state index contributed by atoms with van der Waals surface area (Å²) in [5, 5.41) is 8.45. The number of aromatic nitrogens is 4. The zero-order valence-electron chi connectivity index (χ0n) is 16.0. The number of H-pyrrole nitrogens is 1. The summed E-state index contributed by atoms with van der Waals surface area (Å²) < 4.78 is 1.20. The Kier molecular flexibility index (Phi) is 5.62. The fourth-order valence-corrected chi connectivity index (χ4v) is 3.74. The second-order valence-electron chi connectivity index (χ2n) is 6.74. The molecule has 4 aromatic rings. The summed E-state index contributed by atoms with van der Waals surface area (Å²) in [4.78, 5) is 33.2. The van der Waals surface area contributed by atoms with Crippen molar-refractivity contribution in [3.8, 4) is 0 Å². The molecule has 1 atom stereocenters. The van der Waals surface area contributed by atoms with Gasteiger partial charge in [-0.05, 0) is 36.6 Å². The topological polar surface area (TPSA) is 92.7 Å². The minimum absolute atomic E-state index is 0.139. The SMILES string of the molecule is CSCC[C@H](NC(=O)Cn1ncc2ccccc2c1=O)c1nc2ccccc2[nH]1. The van der Waals surface area contributed by atoms with E-state index in [1.807, 2.05) is 42.7 Å². The van der Waals surface area contributed by atoms with Crippen molar-refractivity contribution >= 4 is 39.5 Å². The molecule has 0 saturated carbocycles. The average molecular weight is 407 g/mol. The van der Waals surface area contributed by atoms with Gasteiger partial charge in [0.2, 0.25) is 5.91 Å². The fourth-order valence-electron chi connectivity index (χ4n) is 3.27. The maximum Gasteiger partial charge on any atom is 0.275 e. The van der Waals surface area contributed by atoms with E-state index in [2.05, 4.69) is 20.4 Å². The second-order valence-corrected chi connectivity index (χ2v) is 7.72. The minimum Gasteiger partial charge on any atom is -0.345 e. The zero-order valence-corrected chi connectivity index (χ0v) is 16.8. The van der Waals surface area contributed by atoms with Crippen LogP contribution in [0.25, 0.3) is 21.8 Å². The van der Waals surface area contributed by atoms with Gasteiger partial charge >= 0.3 is 0 Å². The molecule has 0 spiro atoms. The Morgan fingerprint density at radius 2 is 2.00 bits per heavy atom. The van der Waals surface area contributed by atoms with Crippen LogP contribution in [0.2, 0.25) is 0 Å². The van der Waals surface area contributed by atoms with Gasteiger partial charge in [0.15, 0.2) is 0 Å². The zero-order chi connectivity index (χ0) is 20.2. The molecule has 2 aromatic heterocycles. The van der Waals surface area contributed by atoms with Crippen molar-refractivity contribution in [1.82, 2.24) is 25.1 Å². The molecule has 2 heterocycles. The summed E-state index contributed by atoms with van der Waals surface area (Å²) in [6.45, 7) is -0.139. The predicted octanol–water partition coefficient (Wildman–Crippen LogP) is 2.88. The van der Waals surface area contributed by atoms with Gasteiger partial charge in [-0.15, -0.1) is 0 Å². The Hall–Kier alpha value is -3.13. The van der Waals surface area contributed by atoms with Crippen molar-refractivity contribution in [2.24, 2.45) is 0 Å². The summed E-state index contributed by atoms with van der Waals surface area (Å²) in [6, 6.07) is 14.7. The van der Waals surface area contributed by atoms with E-state index < -0.39 is 0 Å². The maximum absolute atomic E-state index is 12.7. The summed E-state index contributed by atoms with van der Waals surface area (Å²) in [5.41, 5.74) is 1.51. The van der Waals surface area contributed by atoms with Gasteiger partial charge in [0.05, 0.1) is 28.7 Å². The van der Waals surface area contributed by atoms with Crippen LogP contribution >= 0.6 is 11.8 Å². The second kappa shape index (κ2) is 8.48. The van der Waals surface area contributed by atoms with Crippen LogP contribution in [0.15, 0.2) is 59.5 Å². The van der Waals surface area contributed by atoms with Gasteiger partial charge in [0, 0.05) is 5.39 Å². The number of carbonyl (C=O) groups is 1.